The van der Waals surface area contributed by atoms with Gasteiger partial charge in [-0.05, 0) is 0 Å². The van der Waals surface area contributed by atoms with Crippen molar-refractivity contribution < 1.29 is 34.9 Å². The Morgan fingerprint density at radius 2 is 2.00 bits per heavy atom. The third kappa shape index (κ3) is 1.99. The molecule has 1 aromatic heterocycles. The van der Waals surface area contributed by atoms with Crippen LogP contribution in [-0.4, -0.2) is 55.3 Å². The van der Waals surface area contributed by atoms with E-state index >= 15 is 0 Å². The summed E-state index contributed by atoms with van der Waals surface area (Å²) in [6, 6.07) is -0.822. The SMILES string of the molecule is O=C(O)Cc1c[n+]2c([nH]1)[C@H](O)[C@@H](O)[C@H](O)[C@H]2CO. The third-order valence-corrected chi connectivity index (χ3v) is 3.10. The summed E-state index contributed by atoms with van der Waals surface area (Å²) in [6.45, 7) is -0.438. The van der Waals surface area contributed by atoms with Gasteiger partial charge in [-0.15, -0.1) is 0 Å². The summed E-state index contributed by atoms with van der Waals surface area (Å²) in [6.07, 6.45) is -2.99. The van der Waals surface area contributed by atoms with Crippen molar-refractivity contribution in [2.24, 2.45) is 0 Å². The number of imidazole rings is 1. The fourth-order valence-electron chi connectivity index (χ4n) is 2.19. The smallest absolute Gasteiger partial charge is 0.311 e. The Balaban J connectivity index is 2.41. The number of hydrogen-bond donors (Lipinski definition) is 6. The highest BCUT2D eigenvalue weighted by Gasteiger charge is 2.46. The quantitative estimate of drug-likeness (QED) is 0.325. The Morgan fingerprint density at radius 1 is 1.33 bits per heavy atom. The van der Waals surface area contributed by atoms with Gasteiger partial charge in [-0.3, -0.25) is 4.79 Å². The van der Waals surface area contributed by atoms with Crippen LogP contribution in [0.4, 0.5) is 0 Å². The van der Waals surface area contributed by atoms with Gasteiger partial charge in [-0.25, -0.2) is 9.55 Å². The lowest BCUT2D eigenvalue weighted by molar-refractivity contribution is -0.750. The van der Waals surface area contributed by atoms with Crippen molar-refractivity contribution in [3.8, 4) is 0 Å². The van der Waals surface area contributed by atoms with Gasteiger partial charge in [0.15, 0.2) is 17.8 Å². The summed E-state index contributed by atoms with van der Waals surface area (Å²) in [5, 5.41) is 47.0. The standard InChI is InChI=1S/C10H14N2O6/c13-3-5-7(16)8(17)9(18)10-11-4(1-6(14)15)2-12(5)10/h2,5,7-9,13,16-18H,1,3H2,(H,14,15)/p+1/t5-,7-,8+,9-/m1/s1. The molecule has 2 rings (SSSR count). The Labute approximate surface area is 102 Å². The molecule has 1 aliphatic rings. The zero-order chi connectivity index (χ0) is 13.4. The zero-order valence-corrected chi connectivity index (χ0v) is 9.39. The monoisotopic (exact) mass is 259 g/mol. The van der Waals surface area contributed by atoms with Crippen LogP contribution in [0.25, 0.3) is 0 Å². The Bertz CT molecular complexity index is 459. The molecule has 100 valence electrons. The van der Waals surface area contributed by atoms with Crippen molar-refractivity contribution >= 4 is 5.97 Å². The van der Waals surface area contributed by atoms with E-state index in [-0.39, 0.29) is 12.2 Å². The van der Waals surface area contributed by atoms with E-state index in [0.717, 1.165) is 0 Å². The fraction of sp³-hybridized carbons (Fsp3) is 0.600. The molecule has 0 amide bonds. The molecule has 0 unspecified atom stereocenters. The lowest BCUT2D eigenvalue weighted by atomic mass is 9.96. The first kappa shape index (κ1) is 13.0. The number of H-pyrrole nitrogens is 1. The fourth-order valence-corrected chi connectivity index (χ4v) is 2.19. The molecule has 0 aromatic carbocycles. The number of aromatic nitrogens is 2. The van der Waals surface area contributed by atoms with Gasteiger partial charge in [0.2, 0.25) is 0 Å². The minimum absolute atomic E-state index is 0.170. The number of carboxylic acids is 1. The molecule has 1 aliphatic heterocycles. The Morgan fingerprint density at radius 3 is 2.56 bits per heavy atom. The second-order valence-electron chi connectivity index (χ2n) is 4.32. The molecule has 0 bridgehead atoms. The van der Waals surface area contributed by atoms with Crippen LogP contribution in [-0.2, 0) is 11.2 Å². The molecule has 8 nitrogen and oxygen atoms in total. The molecule has 8 heteroatoms. The highest BCUT2D eigenvalue weighted by atomic mass is 16.4. The second-order valence-corrected chi connectivity index (χ2v) is 4.32. The van der Waals surface area contributed by atoms with Gasteiger partial charge in [-0.2, -0.15) is 0 Å². The molecule has 0 radical (unpaired) electrons. The predicted octanol–water partition coefficient (Wildman–Crippen LogP) is -2.77. The minimum atomic E-state index is -1.43. The van der Waals surface area contributed by atoms with Crippen molar-refractivity contribution in [2.45, 2.75) is 30.8 Å². The van der Waals surface area contributed by atoms with Gasteiger partial charge in [0.05, 0.1) is 6.61 Å². The number of aliphatic carboxylic acids is 1. The number of nitrogens with one attached hydrogen (secondary N) is 1. The van der Waals surface area contributed by atoms with Gasteiger partial charge in [-0.1, -0.05) is 0 Å². The number of hydrogen-bond acceptors (Lipinski definition) is 5. The molecule has 18 heavy (non-hydrogen) atoms. The van der Waals surface area contributed by atoms with Crippen molar-refractivity contribution in [2.75, 3.05) is 6.61 Å². The molecule has 6 N–H and O–H groups in total. The van der Waals surface area contributed by atoms with Crippen LogP contribution >= 0.6 is 0 Å². The van der Waals surface area contributed by atoms with Crippen LogP contribution < -0.4 is 4.57 Å². The number of fused-ring (bicyclic) bond motifs is 1. The van der Waals surface area contributed by atoms with Crippen LogP contribution in [0.1, 0.15) is 23.7 Å². The average molecular weight is 259 g/mol. The van der Waals surface area contributed by atoms with E-state index in [1.807, 2.05) is 0 Å². The summed E-state index contributed by atoms with van der Waals surface area (Å²) >= 11 is 0. The number of carboxylic acid groups (broad SMARTS) is 1. The van der Waals surface area contributed by atoms with E-state index in [1.165, 1.54) is 10.8 Å². The van der Waals surface area contributed by atoms with Gasteiger partial charge >= 0.3 is 5.97 Å². The number of aliphatic hydroxyl groups excluding tert-OH is 4. The number of aromatic amines is 1. The maximum atomic E-state index is 10.6. The van der Waals surface area contributed by atoms with E-state index in [9.17, 15) is 25.2 Å². The lowest BCUT2D eigenvalue weighted by Crippen LogP contribution is -2.59. The van der Waals surface area contributed by atoms with Gasteiger partial charge in [0.25, 0.3) is 5.82 Å². The molecule has 1 aromatic rings. The first-order valence-corrected chi connectivity index (χ1v) is 5.45. The Hall–Kier alpha value is -1.48. The normalized spacial score (nSPS) is 31.1. The predicted molar refractivity (Wildman–Crippen MR) is 55.4 cm³/mol. The van der Waals surface area contributed by atoms with E-state index in [0.29, 0.717) is 5.69 Å². The Kier molecular flexibility index (Phi) is 3.35. The van der Waals surface area contributed by atoms with Gasteiger partial charge in [0.1, 0.15) is 24.8 Å². The summed E-state index contributed by atoms with van der Waals surface area (Å²) < 4.78 is 1.36. The molecule has 0 saturated heterocycles. The lowest BCUT2D eigenvalue weighted by Gasteiger charge is -2.30. The number of nitrogens with zero attached hydrogens (tertiary/aromatic N) is 1. The molecule has 0 saturated carbocycles. The maximum Gasteiger partial charge on any atom is 0.311 e. The number of rotatable bonds is 3. The number of aliphatic hydroxyl groups is 4. The minimum Gasteiger partial charge on any atom is -0.481 e. The van der Waals surface area contributed by atoms with Crippen molar-refractivity contribution in [3.63, 3.8) is 0 Å². The summed E-state index contributed by atoms with van der Waals surface area (Å²) in [5.74, 6) is -0.881. The van der Waals surface area contributed by atoms with Crippen molar-refractivity contribution in [3.05, 3.63) is 17.7 Å². The summed E-state index contributed by atoms with van der Waals surface area (Å²) in [7, 11) is 0. The highest BCUT2D eigenvalue weighted by Crippen LogP contribution is 2.26. The highest BCUT2D eigenvalue weighted by molar-refractivity contribution is 5.69. The summed E-state index contributed by atoms with van der Waals surface area (Å²) in [4.78, 5) is 13.3. The topological polar surface area (TPSA) is 138 Å². The maximum absolute atomic E-state index is 10.6. The van der Waals surface area contributed by atoms with E-state index in [4.69, 9.17) is 5.11 Å². The molecule has 0 aliphatic carbocycles. The van der Waals surface area contributed by atoms with Crippen molar-refractivity contribution in [1.29, 1.82) is 0 Å². The molecule has 4 atom stereocenters. The van der Waals surface area contributed by atoms with E-state index < -0.39 is 36.9 Å². The molecular weight excluding hydrogens is 244 g/mol. The molecular formula is C10H15N2O6+. The van der Waals surface area contributed by atoms with Gasteiger partial charge in [0, 0.05) is 0 Å². The van der Waals surface area contributed by atoms with E-state index in [1.54, 1.807) is 0 Å². The largest absolute Gasteiger partial charge is 0.481 e. The molecule has 2 heterocycles. The van der Waals surface area contributed by atoms with Crippen LogP contribution in [0.3, 0.4) is 0 Å². The zero-order valence-electron chi connectivity index (χ0n) is 9.39. The molecule has 0 spiro atoms. The summed E-state index contributed by atoms with van der Waals surface area (Å²) in [5.41, 5.74) is 0.316. The van der Waals surface area contributed by atoms with Crippen LogP contribution in [0, 0.1) is 0 Å². The van der Waals surface area contributed by atoms with Crippen molar-refractivity contribution in [1.82, 2.24) is 4.98 Å². The average Bonchev–Trinajstić information content (AvgIpc) is 2.70. The first-order chi connectivity index (χ1) is 8.45. The molecule has 0 fully saturated rings. The van der Waals surface area contributed by atoms with Crippen LogP contribution in [0.2, 0.25) is 0 Å². The van der Waals surface area contributed by atoms with Gasteiger partial charge < -0.3 is 25.5 Å². The number of carbonyl (C=O) groups is 1. The van der Waals surface area contributed by atoms with E-state index in [2.05, 4.69) is 4.98 Å². The third-order valence-electron chi connectivity index (χ3n) is 3.10. The second kappa shape index (κ2) is 4.65. The van der Waals surface area contributed by atoms with Crippen LogP contribution in [0.5, 0.6) is 0 Å². The van der Waals surface area contributed by atoms with Crippen LogP contribution in [0.15, 0.2) is 6.20 Å². The first-order valence-electron chi connectivity index (χ1n) is 5.45.